The van der Waals surface area contributed by atoms with Crippen LogP contribution >= 0.6 is 0 Å². The lowest BCUT2D eigenvalue weighted by molar-refractivity contribution is 0.339. The minimum Gasteiger partial charge on any atom is -0.492 e. The first-order chi connectivity index (χ1) is 6.43. The fourth-order valence-electron chi connectivity index (χ4n) is 0.599. The van der Waals surface area contributed by atoms with Gasteiger partial charge >= 0.3 is 0 Å². The standard InChI is InChI=1S/C7H9NO.2C2H6/c1-2-9-7-4-3-5-8-6-7;2*1-2/h3-6H,2H2,1H3;2*1-2H3. The molecule has 0 radical (unpaired) electrons. The molecule has 1 rings (SSSR count). The van der Waals surface area contributed by atoms with E-state index in [2.05, 4.69) is 4.98 Å². The maximum Gasteiger partial charge on any atom is 0.137 e. The van der Waals surface area contributed by atoms with E-state index in [1.165, 1.54) is 0 Å². The average Bonchev–Trinajstić information content (AvgIpc) is 2.26. The van der Waals surface area contributed by atoms with Gasteiger partial charge in [-0.1, -0.05) is 27.7 Å². The lowest BCUT2D eigenvalue weighted by Crippen LogP contribution is -1.90. The summed E-state index contributed by atoms with van der Waals surface area (Å²) in [5, 5.41) is 0. The number of nitrogens with zero attached hydrogens (tertiary/aromatic N) is 1. The summed E-state index contributed by atoms with van der Waals surface area (Å²) >= 11 is 0. The van der Waals surface area contributed by atoms with Crippen LogP contribution in [0, 0.1) is 0 Å². The van der Waals surface area contributed by atoms with Gasteiger partial charge in [-0.05, 0) is 19.1 Å². The molecule has 76 valence electrons. The van der Waals surface area contributed by atoms with E-state index in [0.29, 0.717) is 6.61 Å². The molecule has 0 atom stereocenters. The molecule has 13 heavy (non-hydrogen) atoms. The van der Waals surface area contributed by atoms with E-state index in [1.807, 2.05) is 46.8 Å². The van der Waals surface area contributed by atoms with E-state index < -0.39 is 0 Å². The Kier molecular flexibility index (Phi) is 15.1. The van der Waals surface area contributed by atoms with Crippen molar-refractivity contribution >= 4 is 0 Å². The zero-order chi connectivity index (χ0) is 10.5. The van der Waals surface area contributed by atoms with Crippen molar-refractivity contribution in [2.45, 2.75) is 34.6 Å². The van der Waals surface area contributed by atoms with Crippen molar-refractivity contribution in [3.63, 3.8) is 0 Å². The highest BCUT2D eigenvalue weighted by molar-refractivity contribution is 5.14. The SMILES string of the molecule is CC.CC.CCOc1cccnc1. The van der Waals surface area contributed by atoms with Crippen LogP contribution in [0.2, 0.25) is 0 Å². The van der Waals surface area contributed by atoms with Crippen LogP contribution in [0.3, 0.4) is 0 Å². The number of rotatable bonds is 2. The molecule has 2 nitrogen and oxygen atoms in total. The van der Waals surface area contributed by atoms with Gasteiger partial charge in [0.05, 0.1) is 12.8 Å². The molecule has 0 fully saturated rings. The zero-order valence-corrected chi connectivity index (χ0v) is 9.37. The molecule has 0 spiro atoms. The number of ether oxygens (including phenoxy) is 1. The van der Waals surface area contributed by atoms with Crippen molar-refractivity contribution in [3.05, 3.63) is 24.5 Å². The van der Waals surface area contributed by atoms with Gasteiger partial charge in [-0.25, -0.2) is 0 Å². The van der Waals surface area contributed by atoms with E-state index >= 15 is 0 Å². The molecule has 1 aromatic rings. The van der Waals surface area contributed by atoms with Crippen molar-refractivity contribution in [2.75, 3.05) is 6.61 Å². The highest BCUT2D eigenvalue weighted by Gasteiger charge is 1.84. The molecule has 1 aromatic heterocycles. The molecule has 0 bridgehead atoms. The first-order valence-electron chi connectivity index (χ1n) is 4.96. The van der Waals surface area contributed by atoms with Crippen LogP contribution in [0.1, 0.15) is 34.6 Å². The Morgan fingerprint density at radius 1 is 1.23 bits per heavy atom. The predicted molar refractivity (Wildman–Crippen MR) is 58.1 cm³/mol. The molecule has 0 N–H and O–H groups in total. The number of hydrogen-bond acceptors (Lipinski definition) is 2. The Labute approximate surface area is 82.0 Å². The molecule has 0 saturated carbocycles. The van der Waals surface area contributed by atoms with Gasteiger partial charge in [-0.15, -0.1) is 0 Å². The van der Waals surface area contributed by atoms with E-state index in [1.54, 1.807) is 12.4 Å². The lowest BCUT2D eigenvalue weighted by atomic mass is 10.5. The Morgan fingerprint density at radius 3 is 2.23 bits per heavy atom. The summed E-state index contributed by atoms with van der Waals surface area (Å²) in [5.41, 5.74) is 0. The summed E-state index contributed by atoms with van der Waals surface area (Å²) in [6.45, 7) is 10.7. The molecule has 0 aliphatic rings. The predicted octanol–water partition coefficient (Wildman–Crippen LogP) is 3.53. The first-order valence-corrected chi connectivity index (χ1v) is 4.96. The van der Waals surface area contributed by atoms with Crippen LogP contribution in [-0.4, -0.2) is 11.6 Å². The second-order valence-electron chi connectivity index (χ2n) is 1.62. The first kappa shape index (κ1) is 14.5. The van der Waals surface area contributed by atoms with Gasteiger partial charge in [0, 0.05) is 6.20 Å². The van der Waals surface area contributed by atoms with Crippen LogP contribution in [0.5, 0.6) is 5.75 Å². The second-order valence-corrected chi connectivity index (χ2v) is 1.62. The minimum absolute atomic E-state index is 0.700. The monoisotopic (exact) mass is 183 g/mol. The molecule has 1 heterocycles. The number of hydrogen-bond donors (Lipinski definition) is 0. The molecule has 0 amide bonds. The highest BCUT2D eigenvalue weighted by atomic mass is 16.5. The molecule has 0 saturated heterocycles. The molecular formula is C11H21NO. The van der Waals surface area contributed by atoms with Crippen molar-refractivity contribution in [1.29, 1.82) is 0 Å². The van der Waals surface area contributed by atoms with Gasteiger partial charge in [-0.3, -0.25) is 4.98 Å². The van der Waals surface area contributed by atoms with Crippen LogP contribution in [0.4, 0.5) is 0 Å². The van der Waals surface area contributed by atoms with E-state index in [0.717, 1.165) is 5.75 Å². The van der Waals surface area contributed by atoms with Gasteiger partial charge in [0.15, 0.2) is 0 Å². The van der Waals surface area contributed by atoms with Gasteiger partial charge < -0.3 is 4.74 Å². The summed E-state index contributed by atoms with van der Waals surface area (Å²) in [6.07, 6.45) is 3.42. The Hall–Kier alpha value is -1.05. The van der Waals surface area contributed by atoms with Crippen molar-refractivity contribution < 1.29 is 4.74 Å². The van der Waals surface area contributed by atoms with Crippen LogP contribution < -0.4 is 4.74 Å². The fraction of sp³-hybridized carbons (Fsp3) is 0.545. The number of aromatic nitrogens is 1. The maximum absolute atomic E-state index is 5.14. The molecule has 2 heteroatoms. The Bertz CT molecular complexity index is 163. The second kappa shape index (κ2) is 13.5. The van der Waals surface area contributed by atoms with Gasteiger partial charge in [0.25, 0.3) is 0 Å². The van der Waals surface area contributed by atoms with E-state index in [4.69, 9.17) is 4.74 Å². The lowest BCUT2D eigenvalue weighted by Gasteiger charge is -1.98. The topological polar surface area (TPSA) is 22.1 Å². The third-order valence-electron chi connectivity index (χ3n) is 0.945. The van der Waals surface area contributed by atoms with Gasteiger partial charge in [0.2, 0.25) is 0 Å². The van der Waals surface area contributed by atoms with E-state index in [9.17, 15) is 0 Å². The molecule has 0 aliphatic heterocycles. The highest BCUT2D eigenvalue weighted by Crippen LogP contribution is 2.04. The Balaban J connectivity index is 0. The number of pyridine rings is 1. The maximum atomic E-state index is 5.14. The molecule has 0 aromatic carbocycles. The fourth-order valence-corrected chi connectivity index (χ4v) is 0.599. The summed E-state index contributed by atoms with van der Waals surface area (Å²) in [4.78, 5) is 3.88. The summed E-state index contributed by atoms with van der Waals surface area (Å²) in [7, 11) is 0. The largest absolute Gasteiger partial charge is 0.492 e. The van der Waals surface area contributed by atoms with Crippen molar-refractivity contribution in [3.8, 4) is 5.75 Å². The molecule has 0 unspecified atom stereocenters. The summed E-state index contributed by atoms with van der Waals surface area (Å²) in [5.74, 6) is 0.833. The summed E-state index contributed by atoms with van der Waals surface area (Å²) < 4.78 is 5.14. The molecular weight excluding hydrogens is 162 g/mol. The van der Waals surface area contributed by atoms with Gasteiger partial charge in [0.1, 0.15) is 5.75 Å². The van der Waals surface area contributed by atoms with Crippen molar-refractivity contribution in [1.82, 2.24) is 4.98 Å². The summed E-state index contributed by atoms with van der Waals surface area (Å²) in [6, 6.07) is 3.74. The zero-order valence-electron chi connectivity index (χ0n) is 9.37. The van der Waals surface area contributed by atoms with Crippen molar-refractivity contribution in [2.24, 2.45) is 0 Å². The van der Waals surface area contributed by atoms with Crippen LogP contribution in [0.15, 0.2) is 24.5 Å². The normalized spacial score (nSPS) is 7.15. The smallest absolute Gasteiger partial charge is 0.137 e. The van der Waals surface area contributed by atoms with Crippen LogP contribution in [0.25, 0.3) is 0 Å². The minimum atomic E-state index is 0.700. The third-order valence-corrected chi connectivity index (χ3v) is 0.945. The van der Waals surface area contributed by atoms with E-state index in [-0.39, 0.29) is 0 Å². The Morgan fingerprint density at radius 2 is 1.85 bits per heavy atom. The average molecular weight is 183 g/mol. The van der Waals surface area contributed by atoms with Gasteiger partial charge in [-0.2, -0.15) is 0 Å². The quantitative estimate of drug-likeness (QED) is 0.699. The molecule has 0 aliphatic carbocycles. The van der Waals surface area contributed by atoms with Crippen LogP contribution in [-0.2, 0) is 0 Å². The third kappa shape index (κ3) is 8.86.